The molecule has 0 aromatic heterocycles. The van der Waals surface area contributed by atoms with Gasteiger partial charge in [-0.1, -0.05) is 29.3 Å². The number of carbonyl (C=O) groups excluding carboxylic acids is 1. The van der Waals surface area contributed by atoms with E-state index in [9.17, 15) is 4.79 Å². The Morgan fingerprint density at radius 2 is 2.10 bits per heavy atom. The number of halogens is 2. The number of likely N-dealkylation sites (tertiary alicyclic amines) is 1. The normalized spacial score (nSPS) is 23.9. The zero-order valence-electron chi connectivity index (χ0n) is 11.2. The van der Waals surface area contributed by atoms with Crippen molar-refractivity contribution in [2.24, 2.45) is 11.1 Å². The van der Waals surface area contributed by atoms with Crippen molar-refractivity contribution in [3.63, 3.8) is 0 Å². The fraction of sp³-hybridized carbons (Fsp3) is 0.533. The summed E-state index contributed by atoms with van der Waals surface area (Å²) < 4.78 is 0. The van der Waals surface area contributed by atoms with Crippen LogP contribution in [-0.2, 0) is 4.79 Å². The van der Waals surface area contributed by atoms with Gasteiger partial charge in [-0.15, -0.1) is 0 Å². The Kier molecular flexibility index (Phi) is 3.69. The molecule has 2 fully saturated rings. The predicted molar refractivity (Wildman–Crippen MR) is 80.9 cm³/mol. The average Bonchev–Trinajstić information content (AvgIpc) is 3.10. The highest BCUT2D eigenvalue weighted by Gasteiger charge is 2.52. The number of carbonyl (C=O) groups is 1. The van der Waals surface area contributed by atoms with Crippen LogP contribution in [0.4, 0.5) is 0 Å². The van der Waals surface area contributed by atoms with Crippen molar-refractivity contribution in [2.45, 2.75) is 31.7 Å². The van der Waals surface area contributed by atoms with E-state index in [1.165, 1.54) is 0 Å². The summed E-state index contributed by atoms with van der Waals surface area (Å²) in [4.78, 5) is 14.7. The minimum Gasteiger partial charge on any atom is -0.335 e. The second-order valence-electron chi connectivity index (χ2n) is 5.81. The van der Waals surface area contributed by atoms with Crippen LogP contribution >= 0.6 is 23.2 Å². The molecule has 3 rings (SSSR count). The Hall–Kier alpha value is -0.770. The first-order chi connectivity index (χ1) is 9.57. The van der Waals surface area contributed by atoms with Crippen LogP contribution < -0.4 is 5.73 Å². The third kappa shape index (κ3) is 2.32. The molecular formula is C15H18Cl2N2O. The minimum absolute atomic E-state index is 0.112. The molecule has 0 bridgehead atoms. The molecule has 2 N–H and O–H groups in total. The molecule has 1 aromatic carbocycles. The Morgan fingerprint density at radius 3 is 2.70 bits per heavy atom. The summed E-state index contributed by atoms with van der Waals surface area (Å²) in [5.41, 5.74) is 6.57. The first-order valence-electron chi connectivity index (χ1n) is 7.03. The third-order valence-corrected chi connectivity index (χ3v) is 5.28. The Bertz CT molecular complexity index is 543. The van der Waals surface area contributed by atoms with Gasteiger partial charge in [0.2, 0.25) is 5.91 Å². The van der Waals surface area contributed by atoms with Gasteiger partial charge in [0.15, 0.2) is 0 Å². The summed E-state index contributed by atoms with van der Waals surface area (Å²) in [5, 5.41) is 1.09. The van der Waals surface area contributed by atoms with Crippen molar-refractivity contribution in [1.29, 1.82) is 0 Å². The van der Waals surface area contributed by atoms with Crippen molar-refractivity contribution >= 4 is 29.1 Å². The molecule has 1 saturated carbocycles. The molecule has 1 saturated heterocycles. The summed E-state index contributed by atoms with van der Waals surface area (Å²) in [5.74, 6) is 0.216. The molecule has 108 valence electrons. The van der Waals surface area contributed by atoms with E-state index < -0.39 is 0 Å². The molecule has 20 heavy (non-hydrogen) atoms. The van der Waals surface area contributed by atoms with Crippen LogP contribution in [0.5, 0.6) is 0 Å². The first kappa shape index (κ1) is 14.2. The highest BCUT2D eigenvalue weighted by molar-refractivity contribution is 6.42. The van der Waals surface area contributed by atoms with Gasteiger partial charge in [0.25, 0.3) is 0 Å². The molecule has 1 aromatic rings. The van der Waals surface area contributed by atoms with Gasteiger partial charge in [-0.3, -0.25) is 4.79 Å². The van der Waals surface area contributed by atoms with Crippen molar-refractivity contribution in [2.75, 3.05) is 13.1 Å². The van der Waals surface area contributed by atoms with Crippen LogP contribution in [-0.4, -0.2) is 23.9 Å². The monoisotopic (exact) mass is 312 g/mol. The van der Waals surface area contributed by atoms with Crippen LogP contribution in [0.2, 0.25) is 10.0 Å². The van der Waals surface area contributed by atoms with Gasteiger partial charge in [-0.05, 0) is 43.4 Å². The van der Waals surface area contributed by atoms with Crippen molar-refractivity contribution in [1.82, 2.24) is 4.90 Å². The molecule has 1 aliphatic heterocycles. The average molecular weight is 313 g/mol. The summed E-state index contributed by atoms with van der Waals surface area (Å²) in [6.45, 7) is 1.27. The molecule has 0 radical (unpaired) electrons. The zero-order valence-corrected chi connectivity index (χ0v) is 12.8. The van der Waals surface area contributed by atoms with E-state index in [4.69, 9.17) is 28.9 Å². The minimum atomic E-state index is -0.279. The molecular weight excluding hydrogens is 295 g/mol. The fourth-order valence-corrected chi connectivity index (χ4v) is 3.34. The molecule has 0 spiro atoms. The number of benzene rings is 1. The summed E-state index contributed by atoms with van der Waals surface area (Å²) in [6.07, 6.45) is 3.85. The second-order valence-corrected chi connectivity index (χ2v) is 6.63. The predicted octanol–water partition coefficient (Wildman–Crippen LogP) is 3.40. The van der Waals surface area contributed by atoms with E-state index in [0.717, 1.165) is 37.8 Å². The lowest BCUT2D eigenvalue weighted by Gasteiger charge is -2.29. The molecule has 3 nitrogen and oxygen atoms in total. The maximum absolute atomic E-state index is 12.7. The topological polar surface area (TPSA) is 46.3 Å². The quantitative estimate of drug-likeness (QED) is 0.929. The van der Waals surface area contributed by atoms with E-state index in [-0.39, 0.29) is 17.4 Å². The highest BCUT2D eigenvalue weighted by atomic mass is 35.5. The SMILES string of the molecule is NCC1(C(=O)N2CCCC2c2ccc(Cl)c(Cl)c2)CC1. The van der Waals surface area contributed by atoms with Crippen molar-refractivity contribution in [3.05, 3.63) is 33.8 Å². The highest BCUT2D eigenvalue weighted by Crippen LogP contribution is 2.49. The molecule has 5 heteroatoms. The molecule has 1 aliphatic carbocycles. The number of hydrogen-bond acceptors (Lipinski definition) is 2. The first-order valence-corrected chi connectivity index (χ1v) is 7.79. The zero-order chi connectivity index (χ0) is 14.3. The molecule has 2 aliphatic rings. The molecule has 1 atom stereocenters. The Labute approximate surface area is 129 Å². The van der Waals surface area contributed by atoms with Gasteiger partial charge >= 0.3 is 0 Å². The summed E-state index contributed by atoms with van der Waals surface area (Å²) >= 11 is 12.1. The lowest BCUT2D eigenvalue weighted by molar-refractivity contribution is -0.137. The van der Waals surface area contributed by atoms with E-state index in [1.807, 2.05) is 17.0 Å². The van der Waals surface area contributed by atoms with Gasteiger partial charge in [-0.25, -0.2) is 0 Å². The van der Waals surface area contributed by atoms with Crippen molar-refractivity contribution in [3.8, 4) is 0 Å². The standard InChI is InChI=1S/C15H18Cl2N2O/c16-11-4-3-10(8-12(11)17)13-2-1-7-19(13)14(20)15(9-18)5-6-15/h3-4,8,13H,1-2,5-7,9,18H2. The van der Waals surface area contributed by atoms with Crippen LogP contribution in [0.15, 0.2) is 18.2 Å². The lowest BCUT2D eigenvalue weighted by atomic mass is 10.0. The van der Waals surface area contributed by atoms with Crippen LogP contribution in [0.25, 0.3) is 0 Å². The third-order valence-electron chi connectivity index (χ3n) is 4.54. The Morgan fingerprint density at radius 1 is 1.35 bits per heavy atom. The largest absolute Gasteiger partial charge is 0.335 e. The van der Waals surface area contributed by atoms with Crippen LogP contribution in [0, 0.1) is 5.41 Å². The molecule has 1 unspecified atom stereocenters. The van der Waals surface area contributed by atoms with Gasteiger partial charge in [-0.2, -0.15) is 0 Å². The van der Waals surface area contributed by atoms with E-state index >= 15 is 0 Å². The van der Waals surface area contributed by atoms with Gasteiger partial charge in [0.05, 0.1) is 21.5 Å². The van der Waals surface area contributed by atoms with Crippen molar-refractivity contribution < 1.29 is 4.79 Å². The summed E-state index contributed by atoms with van der Waals surface area (Å²) in [7, 11) is 0. The van der Waals surface area contributed by atoms with Gasteiger partial charge in [0.1, 0.15) is 0 Å². The number of nitrogens with zero attached hydrogens (tertiary/aromatic N) is 1. The number of amides is 1. The maximum atomic E-state index is 12.7. The summed E-state index contributed by atoms with van der Waals surface area (Å²) in [6, 6.07) is 5.76. The number of hydrogen-bond donors (Lipinski definition) is 1. The molecule has 1 amide bonds. The molecule has 1 heterocycles. The smallest absolute Gasteiger partial charge is 0.230 e. The van der Waals surface area contributed by atoms with Gasteiger partial charge < -0.3 is 10.6 Å². The number of nitrogens with two attached hydrogens (primary N) is 1. The van der Waals surface area contributed by atoms with Gasteiger partial charge in [0, 0.05) is 13.1 Å². The fourth-order valence-electron chi connectivity index (χ4n) is 3.04. The maximum Gasteiger partial charge on any atom is 0.230 e. The Balaban J connectivity index is 1.85. The second kappa shape index (κ2) is 5.21. The van der Waals surface area contributed by atoms with Crippen LogP contribution in [0.1, 0.15) is 37.3 Å². The van der Waals surface area contributed by atoms with E-state index in [2.05, 4.69) is 0 Å². The van der Waals surface area contributed by atoms with Crippen LogP contribution in [0.3, 0.4) is 0 Å². The van der Waals surface area contributed by atoms with E-state index in [0.29, 0.717) is 16.6 Å². The van der Waals surface area contributed by atoms with E-state index in [1.54, 1.807) is 6.07 Å². The lowest BCUT2D eigenvalue weighted by Crippen LogP contribution is -2.40. The number of rotatable bonds is 3.